The summed E-state index contributed by atoms with van der Waals surface area (Å²) in [6, 6.07) is 7.09. The van der Waals surface area contributed by atoms with Crippen LogP contribution < -0.4 is 26.4 Å². The van der Waals surface area contributed by atoms with E-state index < -0.39 is 12.7 Å². The summed E-state index contributed by atoms with van der Waals surface area (Å²) >= 11 is 1.39. The van der Waals surface area contributed by atoms with Crippen LogP contribution in [0.25, 0.3) is 12.3 Å². The summed E-state index contributed by atoms with van der Waals surface area (Å²) in [5, 5.41) is 22.5. The Morgan fingerprint density at radius 3 is 2.54 bits per heavy atom. The maximum Gasteiger partial charge on any atom is 0.406 e. The van der Waals surface area contributed by atoms with Crippen LogP contribution in [-0.2, 0) is 6.54 Å². The van der Waals surface area contributed by atoms with Crippen LogP contribution in [0.5, 0.6) is 5.75 Å². The summed E-state index contributed by atoms with van der Waals surface area (Å²) in [6.45, 7) is -0.258. The van der Waals surface area contributed by atoms with Gasteiger partial charge in [0.05, 0.1) is 43.6 Å². The molecule has 0 bridgehead atoms. The third kappa shape index (κ3) is 10.4. The molecule has 224 valence electrons. The SMILES string of the molecule is COc1cc(SN(CCO)CCO)ccc1NCC#Cc1cc(=C\N)/c(=C\C=C/C2CCCCC2)n1CC(F)(F)F. The highest BCUT2D eigenvalue weighted by atomic mass is 32.2. The van der Waals surface area contributed by atoms with E-state index in [4.69, 9.17) is 10.5 Å². The van der Waals surface area contributed by atoms with Gasteiger partial charge < -0.3 is 30.6 Å². The van der Waals surface area contributed by atoms with E-state index >= 15 is 0 Å². The van der Waals surface area contributed by atoms with Gasteiger partial charge in [-0.1, -0.05) is 37.3 Å². The fourth-order valence-corrected chi connectivity index (χ4v) is 5.64. The van der Waals surface area contributed by atoms with E-state index in [1.54, 1.807) is 12.1 Å². The molecule has 0 atom stereocenters. The minimum atomic E-state index is -4.42. The molecule has 41 heavy (non-hydrogen) atoms. The molecule has 2 aromatic rings. The number of nitrogens with one attached hydrogen (secondary N) is 1. The Bertz CT molecular complexity index is 1320. The molecule has 0 amide bonds. The highest BCUT2D eigenvalue weighted by Crippen LogP contribution is 2.31. The zero-order chi connectivity index (χ0) is 29.7. The maximum absolute atomic E-state index is 13.5. The van der Waals surface area contributed by atoms with Gasteiger partial charge in [-0.2, -0.15) is 13.2 Å². The minimum absolute atomic E-state index is 0.0315. The van der Waals surface area contributed by atoms with Crippen molar-refractivity contribution >= 4 is 29.9 Å². The Kier molecular flexibility index (Phi) is 13.0. The number of anilines is 1. The Balaban J connectivity index is 1.79. The molecule has 1 aromatic carbocycles. The first-order valence-corrected chi connectivity index (χ1v) is 14.5. The number of aliphatic hydroxyl groups is 2. The van der Waals surface area contributed by atoms with Crippen molar-refractivity contribution in [2.24, 2.45) is 11.7 Å². The Hall–Kier alpha value is -3.04. The summed E-state index contributed by atoms with van der Waals surface area (Å²) in [5.74, 6) is 6.81. The monoisotopic (exact) mass is 592 g/mol. The van der Waals surface area contributed by atoms with E-state index in [1.165, 1.54) is 44.5 Å². The van der Waals surface area contributed by atoms with Crippen molar-refractivity contribution in [3.8, 4) is 17.6 Å². The number of alkyl halides is 3. The van der Waals surface area contributed by atoms with E-state index in [2.05, 4.69) is 23.2 Å². The van der Waals surface area contributed by atoms with Gasteiger partial charge in [-0.15, -0.1) is 0 Å². The number of methoxy groups -OCH3 is 1. The molecule has 5 N–H and O–H groups in total. The van der Waals surface area contributed by atoms with Gasteiger partial charge in [-0.25, -0.2) is 4.31 Å². The topological polar surface area (TPSA) is 95.9 Å². The van der Waals surface area contributed by atoms with Gasteiger partial charge in [0.1, 0.15) is 12.3 Å². The third-order valence-electron chi connectivity index (χ3n) is 6.66. The van der Waals surface area contributed by atoms with Crippen molar-refractivity contribution in [2.75, 3.05) is 45.3 Å². The van der Waals surface area contributed by atoms with Gasteiger partial charge in [-0.05, 0) is 67.0 Å². The fraction of sp³-hybridized carbons (Fsp3) is 0.467. The number of halogens is 3. The maximum atomic E-state index is 13.5. The molecule has 11 heteroatoms. The molecule has 1 aliphatic carbocycles. The second-order valence-corrected chi connectivity index (χ2v) is 10.8. The molecule has 1 aromatic heterocycles. The standard InChI is InChI=1S/C30H39F3N4O3S/c1-40-29-20-26(41-36(15-17-38)16-18-39)12-13-27(29)35-14-6-10-25-19-24(21-34)28(37(25)22-30(31,32)33)11-5-9-23-7-3-2-4-8-23/h5,9,11-13,19-21,23,35,38-39H,2-4,7-8,14-18,22,34H2,1H3/b9-5-,24-21+,28-11+. The quantitative estimate of drug-likeness (QED) is 0.222. The largest absolute Gasteiger partial charge is 0.495 e. The predicted molar refractivity (Wildman–Crippen MR) is 159 cm³/mol. The number of aliphatic hydroxyl groups excluding tert-OH is 2. The van der Waals surface area contributed by atoms with E-state index in [0.29, 0.717) is 41.0 Å². The van der Waals surface area contributed by atoms with E-state index in [9.17, 15) is 23.4 Å². The second-order valence-electron chi connectivity index (χ2n) is 9.67. The number of rotatable bonds is 12. The van der Waals surface area contributed by atoms with Crippen LogP contribution in [0.3, 0.4) is 0 Å². The van der Waals surface area contributed by atoms with Crippen LogP contribution >= 0.6 is 11.9 Å². The lowest BCUT2D eigenvalue weighted by atomic mass is 9.89. The van der Waals surface area contributed by atoms with Crippen molar-refractivity contribution < 1.29 is 28.1 Å². The fourth-order valence-electron chi connectivity index (χ4n) is 4.71. The smallest absolute Gasteiger partial charge is 0.406 e. The first-order chi connectivity index (χ1) is 19.8. The number of hydrogen-bond donors (Lipinski definition) is 4. The van der Waals surface area contributed by atoms with Gasteiger partial charge in [0.2, 0.25) is 0 Å². The average molecular weight is 593 g/mol. The van der Waals surface area contributed by atoms with E-state index in [-0.39, 0.29) is 25.5 Å². The van der Waals surface area contributed by atoms with Crippen molar-refractivity contribution in [1.82, 2.24) is 8.87 Å². The Morgan fingerprint density at radius 1 is 1.17 bits per heavy atom. The number of hydrogen-bond acceptors (Lipinski definition) is 7. The molecule has 1 saturated carbocycles. The van der Waals surface area contributed by atoms with Gasteiger partial charge in [0.25, 0.3) is 0 Å². The van der Waals surface area contributed by atoms with Crippen LogP contribution in [0.1, 0.15) is 37.8 Å². The van der Waals surface area contributed by atoms with Crippen LogP contribution in [0, 0.1) is 17.8 Å². The zero-order valence-electron chi connectivity index (χ0n) is 23.3. The molecule has 0 spiro atoms. The molecule has 7 nitrogen and oxygen atoms in total. The molecule has 0 saturated heterocycles. The molecule has 3 rings (SSSR count). The molecule has 0 radical (unpaired) electrons. The molecular formula is C30H39F3N4O3S. The number of nitrogens with two attached hydrogens (primary N) is 1. The summed E-state index contributed by atoms with van der Waals surface area (Å²) in [4.78, 5) is 0.859. The molecule has 0 unspecified atom stereocenters. The van der Waals surface area contributed by atoms with Crippen LogP contribution in [-0.4, -0.2) is 65.2 Å². The van der Waals surface area contributed by atoms with Crippen LogP contribution in [0.4, 0.5) is 18.9 Å². The van der Waals surface area contributed by atoms with Crippen molar-refractivity contribution in [1.29, 1.82) is 0 Å². The van der Waals surface area contributed by atoms with Crippen LogP contribution in [0.15, 0.2) is 41.3 Å². The molecule has 1 fully saturated rings. The summed E-state index contributed by atoms with van der Waals surface area (Å²) in [7, 11) is 1.54. The number of benzene rings is 1. The lowest BCUT2D eigenvalue weighted by molar-refractivity contribution is -0.141. The molecule has 0 aliphatic heterocycles. The summed E-state index contributed by atoms with van der Waals surface area (Å²) in [5.41, 5.74) is 6.68. The van der Waals surface area contributed by atoms with E-state index in [1.807, 2.05) is 28.6 Å². The molecule has 1 aliphatic rings. The highest BCUT2D eigenvalue weighted by Gasteiger charge is 2.29. The predicted octanol–water partition coefficient (Wildman–Crippen LogP) is 3.43. The summed E-state index contributed by atoms with van der Waals surface area (Å²) in [6.07, 6.45) is 8.29. The van der Waals surface area contributed by atoms with Crippen molar-refractivity contribution in [3.05, 3.63) is 52.7 Å². The van der Waals surface area contributed by atoms with Crippen LogP contribution in [0.2, 0.25) is 0 Å². The lowest BCUT2D eigenvalue weighted by Crippen LogP contribution is -2.34. The average Bonchev–Trinajstić information content (AvgIpc) is 3.27. The van der Waals surface area contributed by atoms with E-state index in [0.717, 1.165) is 22.3 Å². The third-order valence-corrected chi connectivity index (χ3v) is 7.75. The summed E-state index contributed by atoms with van der Waals surface area (Å²) < 4.78 is 49.1. The first kappa shape index (κ1) is 32.5. The van der Waals surface area contributed by atoms with Crippen molar-refractivity contribution in [3.63, 3.8) is 0 Å². The molecular weight excluding hydrogens is 553 g/mol. The van der Waals surface area contributed by atoms with Gasteiger partial charge in [0, 0.05) is 29.4 Å². The van der Waals surface area contributed by atoms with Gasteiger partial charge in [-0.3, -0.25) is 0 Å². The first-order valence-electron chi connectivity index (χ1n) is 13.7. The highest BCUT2D eigenvalue weighted by molar-refractivity contribution is 7.97. The Labute approximate surface area is 243 Å². The normalized spacial score (nSPS) is 15.5. The van der Waals surface area contributed by atoms with Gasteiger partial charge >= 0.3 is 6.18 Å². The zero-order valence-corrected chi connectivity index (χ0v) is 24.1. The Morgan fingerprint density at radius 2 is 1.90 bits per heavy atom. The van der Waals surface area contributed by atoms with Gasteiger partial charge in [0.15, 0.2) is 0 Å². The molecule has 1 heterocycles. The van der Waals surface area contributed by atoms with Crippen molar-refractivity contribution in [2.45, 2.75) is 49.7 Å². The number of ether oxygens (including phenoxy) is 1. The number of nitrogens with zero attached hydrogens (tertiary/aromatic N) is 2. The minimum Gasteiger partial charge on any atom is -0.495 e. The lowest BCUT2D eigenvalue weighted by Gasteiger charge is -2.19. The number of allylic oxidation sites excluding steroid dienone is 2. The second kappa shape index (κ2) is 16.4. The number of aromatic nitrogens is 1.